The van der Waals surface area contributed by atoms with Crippen LogP contribution in [0, 0.1) is 0 Å². The van der Waals surface area contributed by atoms with Crippen molar-refractivity contribution in [3.8, 4) is 0 Å². The highest BCUT2D eigenvalue weighted by Crippen LogP contribution is 2.24. The summed E-state index contributed by atoms with van der Waals surface area (Å²) in [5.74, 6) is -0.727. The standard InChI is InChI=1S/C22H18Cl2N2O2/c1-2-14-7-3-5-9-19(14)25-22(28)17-8-4-6-10-20(17)26-21(27)16-12-11-15(23)13-18(16)24/h3-13H,2H2,1H3,(H,25,28)(H,26,27). The molecule has 0 fully saturated rings. The number of carbonyl (C=O) groups is 2. The van der Waals surface area contributed by atoms with Gasteiger partial charge in [0.25, 0.3) is 11.8 Å². The van der Waals surface area contributed by atoms with E-state index < -0.39 is 5.91 Å². The summed E-state index contributed by atoms with van der Waals surface area (Å²) in [4.78, 5) is 25.4. The maximum absolute atomic E-state index is 12.8. The molecule has 0 saturated carbocycles. The molecule has 142 valence electrons. The van der Waals surface area contributed by atoms with Crippen LogP contribution in [0.3, 0.4) is 0 Å². The molecule has 0 aliphatic rings. The highest BCUT2D eigenvalue weighted by atomic mass is 35.5. The number of anilines is 2. The first-order valence-corrected chi connectivity index (χ1v) is 9.50. The number of hydrogen-bond donors (Lipinski definition) is 2. The van der Waals surface area contributed by atoms with E-state index in [9.17, 15) is 9.59 Å². The van der Waals surface area contributed by atoms with E-state index in [-0.39, 0.29) is 16.5 Å². The van der Waals surface area contributed by atoms with Crippen molar-refractivity contribution in [2.24, 2.45) is 0 Å². The summed E-state index contributed by atoms with van der Waals surface area (Å²) in [6.45, 7) is 2.02. The molecule has 2 amide bonds. The minimum absolute atomic E-state index is 0.240. The number of rotatable bonds is 5. The fourth-order valence-corrected chi connectivity index (χ4v) is 3.29. The lowest BCUT2D eigenvalue weighted by Gasteiger charge is -2.13. The van der Waals surface area contributed by atoms with Gasteiger partial charge in [0, 0.05) is 10.7 Å². The first kappa shape index (κ1) is 19.9. The van der Waals surface area contributed by atoms with Gasteiger partial charge in [0.1, 0.15) is 0 Å². The molecule has 6 heteroatoms. The average molecular weight is 413 g/mol. The highest BCUT2D eigenvalue weighted by molar-refractivity contribution is 6.37. The molecule has 0 aromatic heterocycles. The molecule has 0 atom stereocenters. The zero-order chi connectivity index (χ0) is 20.1. The van der Waals surface area contributed by atoms with Gasteiger partial charge in [-0.15, -0.1) is 0 Å². The molecule has 0 spiro atoms. The normalized spacial score (nSPS) is 10.4. The van der Waals surface area contributed by atoms with Crippen LogP contribution in [0.5, 0.6) is 0 Å². The van der Waals surface area contributed by atoms with Crippen molar-refractivity contribution in [1.82, 2.24) is 0 Å². The van der Waals surface area contributed by atoms with Gasteiger partial charge in [-0.2, -0.15) is 0 Å². The van der Waals surface area contributed by atoms with Crippen LogP contribution in [0.15, 0.2) is 66.7 Å². The van der Waals surface area contributed by atoms with Crippen LogP contribution < -0.4 is 10.6 Å². The van der Waals surface area contributed by atoms with Crippen molar-refractivity contribution in [1.29, 1.82) is 0 Å². The Bertz CT molecular complexity index is 1030. The van der Waals surface area contributed by atoms with Crippen molar-refractivity contribution < 1.29 is 9.59 Å². The molecule has 3 aromatic rings. The lowest BCUT2D eigenvalue weighted by Crippen LogP contribution is -2.19. The largest absolute Gasteiger partial charge is 0.322 e. The summed E-state index contributed by atoms with van der Waals surface area (Å²) in [5.41, 5.74) is 2.80. The summed E-state index contributed by atoms with van der Waals surface area (Å²) in [6.07, 6.45) is 0.796. The number of halogens is 2. The fourth-order valence-electron chi connectivity index (χ4n) is 2.79. The van der Waals surface area contributed by atoms with Gasteiger partial charge in [0.05, 0.1) is 21.8 Å². The number of nitrogens with one attached hydrogen (secondary N) is 2. The molecule has 28 heavy (non-hydrogen) atoms. The Morgan fingerprint density at radius 2 is 1.39 bits per heavy atom. The van der Waals surface area contributed by atoms with E-state index in [1.165, 1.54) is 6.07 Å². The molecule has 0 aliphatic heterocycles. The van der Waals surface area contributed by atoms with Crippen LogP contribution >= 0.6 is 23.2 Å². The van der Waals surface area contributed by atoms with Crippen LogP contribution in [0.2, 0.25) is 10.0 Å². The maximum atomic E-state index is 12.8. The summed E-state index contributed by atoms with van der Waals surface area (Å²) in [7, 11) is 0. The Labute approximate surface area is 173 Å². The van der Waals surface area contributed by atoms with E-state index in [4.69, 9.17) is 23.2 Å². The van der Waals surface area contributed by atoms with Gasteiger partial charge in [0.15, 0.2) is 0 Å². The van der Waals surface area contributed by atoms with Gasteiger partial charge in [-0.05, 0) is 48.4 Å². The number of benzene rings is 3. The Balaban J connectivity index is 1.84. The van der Waals surface area contributed by atoms with E-state index in [0.29, 0.717) is 16.3 Å². The molecule has 0 bridgehead atoms. The van der Waals surface area contributed by atoms with E-state index in [1.54, 1.807) is 36.4 Å². The summed E-state index contributed by atoms with van der Waals surface area (Å²) in [6, 6.07) is 19.1. The first-order chi connectivity index (χ1) is 13.5. The number of para-hydroxylation sites is 2. The monoisotopic (exact) mass is 412 g/mol. The molecule has 0 saturated heterocycles. The Hall–Kier alpha value is -2.82. The second-order valence-corrected chi connectivity index (χ2v) is 6.93. The molecular formula is C22H18Cl2N2O2. The van der Waals surface area contributed by atoms with Gasteiger partial charge < -0.3 is 10.6 Å². The lowest BCUT2D eigenvalue weighted by atomic mass is 10.1. The third-order valence-electron chi connectivity index (χ3n) is 4.24. The van der Waals surface area contributed by atoms with Crippen LogP contribution in [0.25, 0.3) is 0 Å². The predicted molar refractivity (Wildman–Crippen MR) is 115 cm³/mol. The minimum atomic E-state index is -0.420. The predicted octanol–water partition coefficient (Wildman–Crippen LogP) is 6.06. The second-order valence-electron chi connectivity index (χ2n) is 6.09. The van der Waals surface area contributed by atoms with Gasteiger partial charge in [0.2, 0.25) is 0 Å². The first-order valence-electron chi connectivity index (χ1n) is 8.74. The fraction of sp³-hybridized carbons (Fsp3) is 0.0909. The van der Waals surface area contributed by atoms with E-state index in [0.717, 1.165) is 17.7 Å². The third kappa shape index (κ3) is 4.53. The highest BCUT2D eigenvalue weighted by Gasteiger charge is 2.16. The Kier molecular flexibility index (Phi) is 6.34. The van der Waals surface area contributed by atoms with Crippen LogP contribution in [0.4, 0.5) is 11.4 Å². The molecule has 0 aliphatic carbocycles. The van der Waals surface area contributed by atoms with Gasteiger partial charge >= 0.3 is 0 Å². The van der Waals surface area contributed by atoms with E-state index in [1.807, 2.05) is 31.2 Å². The molecule has 0 unspecified atom stereocenters. The van der Waals surface area contributed by atoms with Crippen LogP contribution in [-0.4, -0.2) is 11.8 Å². The molecule has 0 heterocycles. The number of hydrogen-bond acceptors (Lipinski definition) is 2. The van der Waals surface area contributed by atoms with Crippen molar-refractivity contribution in [3.63, 3.8) is 0 Å². The lowest BCUT2D eigenvalue weighted by molar-refractivity contribution is 0.102. The maximum Gasteiger partial charge on any atom is 0.257 e. The Morgan fingerprint density at radius 1 is 0.786 bits per heavy atom. The number of amides is 2. The number of carbonyl (C=O) groups excluding carboxylic acids is 2. The summed E-state index contributed by atoms with van der Waals surface area (Å²) >= 11 is 12.0. The SMILES string of the molecule is CCc1ccccc1NC(=O)c1ccccc1NC(=O)c1ccc(Cl)cc1Cl. The van der Waals surface area contributed by atoms with E-state index >= 15 is 0 Å². The molecular weight excluding hydrogens is 395 g/mol. The minimum Gasteiger partial charge on any atom is -0.322 e. The van der Waals surface area contributed by atoms with Crippen LogP contribution in [0.1, 0.15) is 33.2 Å². The van der Waals surface area contributed by atoms with Gasteiger partial charge in [-0.3, -0.25) is 9.59 Å². The molecule has 3 aromatic carbocycles. The topological polar surface area (TPSA) is 58.2 Å². The zero-order valence-electron chi connectivity index (χ0n) is 15.1. The number of aryl methyl sites for hydroxylation is 1. The van der Waals surface area contributed by atoms with E-state index in [2.05, 4.69) is 10.6 Å². The smallest absolute Gasteiger partial charge is 0.257 e. The van der Waals surface area contributed by atoms with Gasteiger partial charge in [-0.25, -0.2) is 0 Å². The van der Waals surface area contributed by atoms with Crippen molar-refractivity contribution in [2.45, 2.75) is 13.3 Å². The van der Waals surface area contributed by atoms with Gasteiger partial charge in [-0.1, -0.05) is 60.5 Å². The molecule has 2 N–H and O–H groups in total. The molecule has 4 nitrogen and oxygen atoms in total. The molecule has 3 rings (SSSR count). The van der Waals surface area contributed by atoms with Crippen molar-refractivity contribution in [3.05, 3.63) is 93.5 Å². The summed E-state index contributed by atoms with van der Waals surface area (Å²) < 4.78 is 0. The Morgan fingerprint density at radius 3 is 2.11 bits per heavy atom. The summed E-state index contributed by atoms with van der Waals surface area (Å²) in [5, 5.41) is 6.35. The third-order valence-corrected chi connectivity index (χ3v) is 4.79. The quantitative estimate of drug-likeness (QED) is 0.534. The second kappa shape index (κ2) is 8.91. The van der Waals surface area contributed by atoms with Crippen LogP contribution in [-0.2, 0) is 6.42 Å². The zero-order valence-corrected chi connectivity index (χ0v) is 16.6. The molecule has 0 radical (unpaired) electrons. The average Bonchev–Trinajstić information content (AvgIpc) is 2.68. The van der Waals surface area contributed by atoms with Crippen molar-refractivity contribution >= 4 is 46.4 Å². The van der Waals surface area contributed by atoms with Crippen molar-refractivity contribution in [2.75, 3.05) is 10.6 Å².